The van der Waals surface area contributed by atoms with Crippen molar-refractivity contribution < 1.29 is 8.42 Å². The van der Waals surface area contributed by atoms with Gasteiger partial charge >= 0.3 is 0 Å². The van der Waals surface area contributed by atoms with Crippen molar-refractivity contribution in [2.45, 2.75) is 31.2 Å². The molecule has 0 aliphatic heterocycles. The molecule has 0 saturated heterocycles. The van der Waals surface area contributed by atoms with Crippen LogP contribution in [-0.4, -0.2) is 14.5 Å². The summed E-state index contributed by atoms with van der Waals surface area (Å²) in [6.07, 6.45) is 2.31. The van der Waals surface area contributed by atoms with E-state index in [-0.39, 0.29) is 6.04 Å². The fourth-order valence-corrected chi connectivity index (χ4v) is 2.60. The molecular weight excluding hydrogens is 222 g/mol. The van der Waals surface area contributed by atoms with Gasteiger partial charge in [-0.1, -0.05) is 23.8 Å². The van der Waals surface area contributed by atoms with Crippen molar-refractivity contribution in [3.8, 4) is 0 Å². The Labute approximate surface area is 97.2 Å². The maximum absolute atomic E-state index is 11.9. The van der Waals surface area contributed by atoms with Crippen LogP contribution in [0.4, 0.5) is 0 Å². The Morgan fingerprint density at radius 2 is 1.94 bits per heavy atom. The topological polar surface area (TPSA) is 46.2 Å². The van der Waals surface area contributed by atoms with Crippen LogP contribution in [0.5, 0.6) is 0 Å². The number of rotatable bonds is 5. The highest BCUT2D eigenvalue weighted by Gasteiger charge is 2.15. The van der Waals surface area contributed by atoms with Crippen LogP contribution in [0.3, 0.4) is 0 Å². The van der Waals surface area contributed by atoms with Crippen LogP contribution in [-0.2, 0) is 10.0 Å². The van der Waals surface area contributed by atoms with Gasteiger partial charge in [-0.15, -0.1) is 6.58 Å². The second kappa shape index (κ2) is 5.27. The van der Waals surface area contributed by atoms with Gasteiger partial charge in [0.1, 0.15) is 0 Å². The van der Waals surface area contributed by atoms with Crippen molar-refractivity contribution in [1.29, 1.82) is 0 Å². The normalized spacial score (nSPS) is 13.4. The van der Waals surface area contributed by atoms with Gasteiger partial charge in [-0.05, 0) is 32.4 Å². The first-order chi connectivity index (χ1) is 7.45. The van der Waals surface area contributed by atoms with Gasteiger partial charge in [0, 0.05) is 6.04 Å². The van der Waals surface area contributed by atoms with Crippen molar-refractivity contribution in [3.05, 3.63) is 42.5 Å². The van der Waals surface area contributed by atoms with E-state index in [1.807, 2.05) is 13.8 Å². The minimum Gasteiger partial charge on any atom is -0.208 e. The van der Waals surface area contributed by atoms with Gasteiger partial charge < -0.3 is 0 Å². The third kappa shape index (κ3) is 3.47. The van der Waals surface area contributed by atoms with E-state index in [1.165, 1.54) is 0 Å². The molecule has 0 aliphatic rings. The highest BCUT2D eigenvalue weighted by molar-refractivity contribution is 7.89. The molecule has 0 saturated carbocycles. The van der Waals surface area contributed by atoms with E-state index in [4.69, 9.17) is 0 Å². The molecule has 1 atom stereocenters. The number of nitrogens with one attached hydrogen (secondary N) is 1. The zero-order chi connectivity index (χ0) is 12.2. The Hall–Kier alpha value is -1.13. The monoisotopic (exact) mass is 239 g/mol. The van der Waals surface area contributed by atoms with Gasteiger partial charge in [0.25, 0.3) is 0 Å². The molecule has 1 rings (SSSR count). The molecule has 4 heteroatoms. The van der Waals surface area contributed by atoms with E-state index >= 15 is 0 Å². The van der Waals surface area contributed by atoms with Crippen molar-refractivity contribution in [2.24, 2.45) is 0 Å². The predicted octanol–water partition coefficient (Wildman–Crippen LogP) is 2.24. The lowest BCUT2D eigenvalue weighted by Gasteiger charge is -2.12. The van der Waals surface area contributed by atoms with E-state index in [9.17, 15) is 8.42 Å². The first-order valence-corrected chi connectivity index (χ1v) is 6.64. The highest BCUT2D eigenvalue weighted by atomic mass is 32.2. The molecule has 1 N–H and O–H groups in total. The van der Waals surface area contributed by atoms with Crippen molar-refractivity contribution >= 4 is 10.0 Å². The average Bonchev–Trinajstić information content (AvgIpc) is 2.17. The lowest BCUT2D eigenvalue weighted by atomic mass is 10.2. The molecule has 1 aromatic carbocycles. The van der Waals surface area contributed by atoms with Gasteiger partial charge in [-0.25, -0.2) is 13.1 Å². The van der Waals surface area contributed by atoms with E-state index in [1.54, 1.807) is 30.3 Å². The molecule has 0 amide bonds. The number of hydrogen-bond acceptors (Lipinski definition) is 2. The Balaban J connectivity index is 2.85. The van der Waals surface area contributed by atoms with Crippen LogP contribution in [0.15, 0.2) is 41.8 Å². The molecule has 0 bridgehead atoms. The second-order valence-electron chi connectivity index (χ2n) is 3.86. The summed E-state index contributed by atoms with van der Waals surface area (Å²) in [6, 6.07) is 6.65. The molecule has 0 aliphatic carbocycles. The van der Waals surface area contributed by atoms with E-state index in [0.717, 1.165) is 5.56 Å². The maximum Gasteiger partial charge on any atom is 0.240 e. The third-order valence-corrected chi connectivity index (χ3v) is 3.81. The molecule has 0 spiro atoms. The quantitative estimate of drug-likeness (QED) is 0.801. The Morgan fingerprint density at radius 3 is 2.44 bits per heavy atom. The van der Waals surface area contributed by atoms with Crippen molar-refractivity contribution in [2.75, 3.05) is 0 Å². The summed E-state index contributed by atoms with van der Waals surface area (Å²) < 4.78 is 26.4. The summed E-state index contributed by atoms with van der Waals surface area (Å²) in [5, 5.41) is 0. The number of aryl methyl sites for hydroxylation is 1. The van der Waals surface area contributed by atoms with E-state index in [2.05, 4.69) is 11.3 Å². The van der Waals surface area contributed by atoms with Crippen molar-refractivity contribution in [3.63, 3.8) is 0 Å². The Kier molecular flexibility index (Phi) is 4.26. The largest absolute Gasteiger partial charge is 0.240 e. The average molecular weight is 239 g/mol. The van der Waals surface area contributed by atoms with E-state index < -0.39 is 10.0 Å². The summed E-state index contributed by atoms with van der Waals surface area (Å²) in [5.74, 6) is 0. The Bertz CT molecular complexity index is 448. The zero-order valence-corrected chi connectivity index (χ0v) is 10.4. The maximum atomic E-state index is 11.9. The van der Waals surface area contributed by atoms with Crippen LogP contribution >= 0.6 is 0 Å². The molecule has 1 aromatic rings. The number of hydrogen-bond donors (Lipinski definition) is 1. The highest BCUT2D eigenvalue weighted by Crippen LogP contribution is 2.11. The van der Waals surface area contributed by atoms with Crippen LogP contribution in [0.1, 0.15) is 18.9 Å². The minimum atomic E-state index is -3.40. The molecule has 0 fully saturated rings. The molecule has 3 nitrogen and oxygen atoms in total. The van der Waals surface area contributed by atoms with Gasteiger partial charge in [-0.2, -0.15) is 0 Å². The predicted molar refractivity (Wildman–Crippen MR) is 65.8 cm³/mol. The van der Waals surface area contributed by atoms with Crippen LogP contribution < -0.4 is 4.72 Å². The first kappa shape index (κ1) is 12.9. The lowest BCUT2D eigenvalue weighted by molar-refractivity contribution is 0.562. The summed E-state index contributed by atoms with van der Waals surface area (Å²) in [7, 11) is -3.40. The summed E-state index contributed by atoms with van der Waals surface area (Å²) in [4.78, 5) is 0.300. The number of sulfonamides is 1. The number of benzene rings is 1. The fraction of sp³-hybridized carbons (Fsp3) is 0.333. The standard InChI is InChI=1S/C12H17NO2S/c1-4-5-11(3)13-16(14,15)12-8-6-10(2)7-9-12/h4,6-9,11,13H,1,5H2,2-3H3/t11-/m0/s1. The minimum absolute atomic E-state index is 0.135. The van der Waals surface area contributed by atoms with Crippen LogP contribution in [0.2, 0.25) is 0 Å². The van der Waals surface area contributed by atoms with Gasteiger partial charge in [0.2, 0.25) is 10.0 Å². The lowest BCUT2D eigenvalue weighted by Crippen LogP contribution is -2.32. The van der Waals surface area contributed by atoms with Gasteiger partial charge in [-0.3, -0.25) is 0 Å². The summed E-state index contributed by atoms with van der Waals surface area (Å²) in [6.45, 7) is 7.31. The molecule has 0 radical (unpaired) electrons. The summed E-state index contributed by atoms with van der Waals surface area (Å²) >= 11 is 0. The molecule has 0 heterocycles. The molecule has 16 heavy (non-hydrogen) atoms. The molecule has 0 aromatic heterocycles. The fourth-order valence-electron chi connectivity index (χ4n) is 1.35. The first-order valence-electron chi connectivity index (χ1n) is 5.15. The zero-order valence-electron chi connectivity index (χ0n) is 9.60. The third-order valence-electron chi connectivity index (χ3n) is 2.21. The molecule has 88 valence electrons. The molecule has 0 unspecified atom stereocenters. The van der Waals surface area contributed by atoms with Crippen LogP contribution in [0, 0.1) is 6.92 Å². The van der Waals surface area contributed by atoms with Gasteiger partial charge in [0.15, 0.2) is 0 Å². The van der Waals surface area contributed by atoms with Crippen molar-refractivity contribution in [1.82, 2.24) is 4.72 Å². The van der Waals surface area contributed by atoms with Crippen LogP contribution in [0.25, 0.3) is 0 Å². The van der Waals surface area contributed by atoms with Gasteiger partial charge in [0.05, 0.1) is 4.90 Å². The SMILES string of the molecule is C=CC[C@H](C)NS(=O)(=O)c1ccc(C)cc1. The van der Waals surface area contributed by atoms with E-state index in [0.29, 0.717) is 11.3 Å². The Morgan fingerprint density at radius 1 is 1.38 bits per heavy atom. The second-order valence-corrected chi connectivity index (χ2v) is 5.57. The molecular formula is C12H17NO2S. The smallest absolute Gasteiger partial charge is 0.208 e. The summed E-state index contributed by atoms with van der Waals surface area (Å²) in [5.41, 5.74) is 1.04.